The van der Waals surface area contributed by atoms with Gasteiger partial charge in [0.15, 0.2) is 0 Å². The third-order valence-corrected chi connectivity index (χ3v) is 4.37. The maximum atomic E-state index is 12.5. The van der Waals surface area contributed by atoms with E-state index in [1.165, 1.54) is 5.56 Å². The number of hydrogen-bond donors (Lipinski definition) is 1. The summed E-state index contributed by atoms with van der Waals surface area (Å²) in [6.45, 7) is 4.67. The Kier molecular flexibility index (Phi) is 3.59. The van der Waals surface area contributed by atoms with Crippen LogP contribution in [-0.2, 0) is 16.1 Å². The molecule has 22 heavy (non-hydrogen) atoms. The van der Waals surface area contributed by atoms with E-state index in [9.17, 15) is 14.4 Å². The van der Waals surface area contributed by atoms with Gasteiger partial charge in [-0.1, -0.05) is 26.0 Å². The zero-order valence-corrected chi connectivity index (χ0v) is 12.7. The van der Waals surface area contributed by atoms with Crippen molar-refractivity contribution in [2.24, 2.45) is 0 Å². The number of rotatable bonds is 2. The molecule has 0 bridgehead atoms. The molecular weight excluding hydrogens is 280 g/mol. The molecule has 1 aromatic rings. The Morgan fingerprint density at radius 2 is 2.09 bits per heavy atom. The van der Waals surface area contributed by atoms with Crippen molar-refractivity contribution in [3.8, 4) is 0 Å². The second-order valence-electron chi connectivity index (χ2n) is 6.13. The lowest BCUT2D eigenvalue weighted by Crippen LogP contribution is -2.49. The first-order valence-electron chi connectivity index (χ1n) is 7.50. The van der Waals surface area contributed by atoms with Crippen molar-refractivity contribution in [1.29, 1.82) is 0 Å². The first-order chi connectivity index (χ1) is 10.5. The maximum absolute atomic E-state index is 12.5. The van der Waals surface area contributed by atoms with Crippen LogP contribution in [-0.4, -0.2) is 28.7 Å². The Morgan fingerprint density at radius 1 is 1.32 bits per heavy atom. The summed E-state index contributed by atoms with van der Waals surface area (Å²) in [5.74, 6) is 1.72. The normalized spacial score (nSPS) is 21.0. The maximum Gasteiger partial charge on any atom is 0.255 e. The molecule has 1 N–H and O–H groups in total. The second-order valence-corrected chi connectivity index (χ2v) is 6.13. The summed E-state index contributed by atoms with van der Waals surface area (Å²) in [6.07, 6.45) is 0.907. The molecule has 1 aromatic carbocycles. The number of hydrogen-bond acceptors (Lipinski definition) is 3. The fourth-order valence-electron chi connectivity index (χ4n) is 3.05. The molecule has 1 unspecified atom stereocenters. The molecule has 0 spiro atoms. The molecule has 5 nitrogen and oxygen atoms in total. The molecule has 2 aliphatic heterocycles. The Bertz CT molecular complexity index is 702. The van der Waals surface area contributed by atoms with Crippen molar-refractivity contribution in [1.82, 2.24) is 10.2 Å². The molecule has 1 saturated heterocycles. The van der Waals surface area contributed by atoms with Gasteiger partial charge in [-0.25, -0.2) is 4.79 Å². The molecule has 2 aliphatic rings. The summed E-state index contributed by atoms with van der Waals surface area (Å²) < 4.78 is 0. The summed E-state index contributed by atoms with van der Waals surface area (Å²) in [5.41, 5.74) is 3.11. The molecule has 5 heteroatoms. The minimum absolute atomic E-state index is 0.107. The van der Waals surface area contributed by atoms with E-state index in [4.69, 9.17) is 0 Å². The number of amides is 2. The standard InChI is InChI=1S/C17H18N2O3/c1-10(2)11-3-5-14-12(7-11)8-19(17(14)22)15-6-4-13(9-20)18-16(15)21/h3,5,7,10,15H,4,6,8H2,1-2H3,(H,18,21). The SMILES string of the molecule is CC(C)c1ccc2c(c1)CN(C1CCC(=C=O)NC1=O)C2=O. The quantitative estimate of drug-likeness (QED) is 0.846. The molecule has 0 saturated carbocycles. The van der Waals surface area contributed by atoms with Crippen molar-refractivity contribution in [2.75, 3.05) is 0 Å². The average molecular weight is 298 g/mol. The number of carbonyl (C=O) groups excluding carboxylic acids is 3. The molecule has 0 radical (unpaired) electrons. The van der Waals surface area contributed by atoms with Gasteiger partial charge in [-0.05, 0) is 29.5 Å². The summed E-state index contributed by atoms with van der Waals surface area (Å²) in [6, 6.07) is 5.36. The van der Waals surface area contributed by atoms with Crippen molar-refractivity contribution in [3.63, 3.8) is 0 Å². The van der Waals surface area contributed by atoms with Crippen molar-refractivity contribution in [2.45, 2.75) is 45.2 Å². The van der Waals surface area contributed by atoms with Crippen LogP contribution in [0.4, 0.5) is 0 Å². The molecule has 1 fully saturated rings. The fraction of sp³-hybridized carbons (Fsp3) is 0.412. The molecule has 114 valence electrons. The summed E-state index contributed by atoms with van der Waals surface area (Å²) in [4.78, 5) is 36.9. The number of piperidine rings is 1. The van der Waals surface area contributed by atoms with Gasteiger partial charge in [-0.3, -0.25) is 9.59 Å². The minimum atomic E-state index is -0.514. The summed E-state index contributed by atoms with van der Waals surface area (Å²) in [7, 11) is 0. The third-order valence-electron chi connectivity index (χ3n) is 4.37. The highest BCUT2D eigenvalue weighted by molar-refractivity contribution is 6.01. The minimum Gasteiger partial charge on any atom is -0.322 e. The van der Waals surface area contributed by atoms with Gasteiger partial charge in [0.05, 0.1) is 0 Å². The molecular formula is C17H18N2O3. The van der Waals surface area contributed by atoms with E-state index in [0.29, 0.717) is 30.9 Å². The van der Waals surface area contributed by atoms with Gasteiger partial charge < -0.3 is 10.2 Å². The lowest BCUT2D eigenvalue weighted by molar-refractivity contribution is -0.126. The van der Waals surface area contributed by atoms with Gasteiger partial charge in [0.25, 0.3) is 5.91 Å². The number of fused-ring (bicyclic) bond motifs is 1. The number of allylic oxidation sites excluding steroid dienone is 1. The molecule has 2 amide bonds. The summed E-state index contributed by atoms with van der Waals surface area (Å²) in [5, 5.41) is 2.53. The number of benzene rings is 1. The number of carbonyl (C=O) groups is 2. The molecule has 0 aromatic heterocycles. The van der Waals surface area contributed by atoms with Crippen LogP contribution in [0.2, 0.25) is 0 Å². The van der Waals surface area contributed by atoms with Crippen molar-refractivity contribution >= 4 is 17.8 Å². The van der Waals surface area contributed by atoms with Crippen LogP contribution in [0.5, 0.6) is 0 Å². The van der Waals surface area contributed by atoms with E-state index in [0.717, 1.165) is 5.56 Å². The molecule has 2 heterocycles. The van der Waals surface area contributed by atoms with Crippen LogP contribution in [0.25, 0.3) is 0 Å². The zero-order chi connectivity index (χ0) is 15.9. The van der Waals surface area contributed by atoms with Crippen molar-refractivity contribution < 1.29 is 14.4 Å². The fourth-order valence-corrected chi connectivity index (χ4v) is 3.05. The van der Waals surface area contributed by atoms with Gasteiger partial charge in [0, 0.05) is 18.5 Å². The first-order valence-corrected chi connectivity index (χ1v) is 7.50. The molecule has 3 rings (SSSR count). The third kappa shape index (κ3) is 2.34. The van der Waals surface area contributed by atoms with E-state index in [1.54, 1.807) is 10.8 Å². The van der Waals surface area contributed by atoms with Crippen LogP contribution in [0.15, 0.2) is 23.9 Å². The van der Waals surface area contributed by atoms with Gasteiger partial charge in [0.2, 0.25) is 5.91 Å². The van der Waals surface area contributed by atoms with E-state index >= 15 is 0 Å². The van der Waals surface area contributed by atoms with Gasteiger partial charge >= 0.3 is 0 Å². The largest absolute Gasteiger partial charge is 0.322 e. The molecule has 1 atom stereocenters. The van der Waals surface area contributed by atoms with Crippen LogP contribution < -0.4 is 5.32 Å². The van der Waals surface area contributed by atoms with E-state index in [1.807, 2.05) is 12.1 Å². The van der Waals surface area contributed by atoms with Gasteiger partial charge in [-0.15, -0.1) is 0 Å². The van der Waals surface area contributed by atoms with E-state index in [2.05, 4.69) is 25.2 Å². The highest BCUT2D eigenvalue weighted by Crippen LogP contribution is 2.30. The molecule has 0 aliphatic carbocycles. The van der Waals surface area contributed by atoms with Crippen LogP contribution in [0.3, 0.4) is 0 Å². The number of nitrogens with one attached hydrogen (secondary N) is 1. The average Bonchev–Trinajstić information content (AvgIpc) is 2.83. The van der Waals surface area contributed by atoms with Crippen LogP contribution >= 0.6 is 0 Å². The predicted octanol–water partition coefficient (Wildman–Crippen LogP) is 1.76. The van der Waals surface area contributed by atoms with Crippen LogP contribution in [0, 0.1) is 0 Å². The van der Waals surface area contributed by atoms with Gasteiger partial charge in [0.1, 0.15) is 17.7 Å². The Labute approximate surface area is 129 Å². The summed E-state index contributed by atoms with van der Waals surface area (Å²) >= 11 is 0. The van der Waals surface area contributed by atoms with E-state index < -0.39 is 6.04 Å². The Hall–Kier alpha value is -2.39. The van der Waals surface area contributed by atoms with Crippen molar-refractivity contribution in [3.05, 3.63) is 40.6 Å². The highest BCUT2D eigenvalue weighted by atomic mass is 16.2. The smallest absolute Gasteiger partial charge is 0.255 e. The lowest BCUT2D eigenvalue weighted by Gasteiger charge is -2.30. The predicted molar refractivity (Wildman–Crippen MR) is 80.8 cm³/mol. The Balaban J connectivity index is 1.85. The lowest BCUT2D eigenvalue weighted by atomic mass is 9.98. The highest BCUT2D eigenvalue weighted by Gasteiger charge is 2.38. The monoisotopic (exact) mass is 298 g/mol. The number of nitrogens with zero attached hydrogens (tertiary/aromatic N) is 1. The zero-order valence-electron chi connectivity index (χ0n) is 12.7. The first kappa shape index (κ1) is 14.5. The second kappa shape index (κ2) is 5.43. The van der Waals surface area contributed by atoms with E-state index in [-0.39, 0.29) is 17.5 Å². The Morgan fingerprint density at radius 3 is 2.73 bits per heavy atom. The van der Waals surface area contributed by atoms with Gasteiger partial charge in [-0.2, -0.15) is 0 Å². The topological polar surface area (TPSA) is 66.5 Å². The van der Waals surface area contributed by atoms with Crippen LogP contribution in [0.1, 0.15) is 54.1 Å².